The van der Waals surface area contributed by atoms with E-state index >= 15 is 0 Å². The van der Waals surface area contributed by atoms with Crippen molar-refractivity contribution in [2.45, 2.75) is 26.4 Å². The Balaban J connectivity index is 1.95. The first-order valence-corrected chi connectivity index (χ1v) is 7.32. The Labute approximate surface area is 129 Å². The van der Waals surface area contributed by atoms with E-state index in [9.17, 15) is 9.18 Å². The zero-order chi connectivity index (χ0) is 15.6. The van der Waals surface area contributed by atoms with Crippen LogP contribution in [0, 0.1) is 5.82 Å². The summed E-state index contributed by atoms with van der Waals surface area (Å²) in [5.41, 5.74) is 0.302. The van der Waals surface area contributed by atoms with Gasteiger partial charge in [0.05, 0.1) is 10.7 Å². The number of ether oxygens (including phenoxy) is 1. The fourth-order valence-electron chi connectivity index (χ4n) is 2.19. The zero-order valence-electron chi connectivity index (χ0n) is 12.5. The molecule has 116 valence electrons. The summed E-state index contributed by atoms with van der Waals surface area (Å²) in [4.78, 5) is 15.7. The average molecular weight is 315 g/mol. The summed E-state index contributed by atoms with van der Waals surface area (Å²) >= 11 is 6.06. The number of amides is 1. The van der Waals surface area contributed by atoms with Crippen LogP contribution >= 0.6 is 11.6 Å². The Morgan fingerprint density at radius 3 is 2.38 bits per heavy atom. The molecule has 1 heterocycles. The van der Waals surface area contributed by atoms with Gasteiger partial charge in [0.25, 0.3) is 0 Å². The third kappa shape index (κ3) is 4.24. The fraction of sp³-hybridized carbons (Fsp3) is 0.533. The molecule has 0 aromatic heterocycles. The maximum Gasteiger partial charge on any atom is 0.410 e. The molecule has 1 amide bonds. The van der Waals surface area contributed by atoms with Gasteiger partial charge in [-0.3, -0.25) is 0 Å². The van der Waals surface area contributed by atoms with E-state index in [1.165, 1.54) is 12.1 Å². The van der Waals surface area contributed by atoms with Gasteiger partial charge in [-0.2, -0.15) is 0 Å². The minimum atomic E-state index is -0.492. The molecular formula is C15H20ClFN2O2. The van der Waals surface area contributed by atoms with Crippen molar-refractivity contribution in [2.24, 2.45) is 0 Å². The second kappa shape index (κ2) is 6.10. The summed E-state index contributed by atoms with van der Waals surface area (Å²) in [6.07, 6.45) is -0.299. The first-order chi connectivity index (χ1) is 9.76. The summed E-state index contributed by atoms with van der Waals surface area (Å²) in [7, 11) is 0. The summed E-state index contributed by atoms with van der Waals surface area (Å²) < 4.78 is 18.4. The van der Waals surface area contributed by atoms with Crippen molar-refractivity contribution >= 4 is 23.4 Å². The van der Waals surface area contributed by atoms with Crippen molar-refractivity contribution in [1.29, 1.82) is 0 Å². The first kappa shape index (κ1) is 15.9. The molecule has 0 saturated carbocycles. The van der Waals surface area contributed by atoms with Gasteiger partial charge in [0.15, 0.2) is 0 Å². The van der Waals surface area contributed by atoms with Crippen LogP contribution in [0.2, 0.25) is 5.02 Å². The molecule has 1 aromatic carbocycles. The van der Waals surface area contributed by atoms with Crippen LogP contribution in [0.3, 0.4) is 0 Å². The summed E-state index contributed by atoms with van der Waals surface area (Å²) in [5.74, 6) is -0.351. The van der Waals surface area contributed by atoms with E-state index in [2.05, 4.69) is 0 Å². The van der Waals surface area contributed by atoms with Crippen molar-refractivity contribution in [2.75, 3.05) is 31.1 Å². The maximum absolute atomic E-state index is 13.1. The molecule has 0 spiro atoms. The molecule has 4 nitrogen and oxygen atoms in total. The highest BCUT2D eigenvalue weighted by atomic mass is 35.5. The maximum atomic E-state index is 13.1. The lowest BCUT2D eigenvalue weighted by Crippen LogP contribution is -2.50. The van der Waals surface area contributed by atoms with E-state index < -0.39 is 5.60 Å². The van der Waals surface area contributed by atoms with Crippen molar-refractivity contribution < 1.29 is 13.9 Å². The lowest BCUT2D eigenvalue weighted by molar-refractivity contribution is 0.0240. The lowest BCUT2D eigenvalue weighted by atomic mass is 10.2. The van der Waals surface area contributed by atoms with Crippen LogP contribution in [0.4, 0.5) is 14.9 Å². The molecule has 1 aromatic rings. The molecule has 0 unspecified atom stereocenters. The van der Waals surface area contributed by atoms with E-state index in [1.54, 1.807) is 11.0 Å². The molecule has 21 heavy (non-hydrogen) atoms. The van der Waals surface area contributed by atoms with Crippen LogP contribution in [-0.4, -0.2) is 42.8 Å². The number of anilines is 1. The molecule has 6 heteroatoms. The predicted molar refractivity (Wildman–Crippen MR) is 81.4 cm³/mol. The van der Waals surface area contributed by atoms with Crippen LogP contribution in [0.5, 0.6) is 0 Å². The van der Waals surface area contributed by atoms with Crippen molar-refractivity contribution in [3.05, 3.63) is 29.0 Å². The fourth-order valence-corrected chi connectivity index (χ4v) is 2.48. The average Bonchev–Trinajstić information content (AvgIpc) is 2.37. The number of nitrogens with zero attached hydrogens (tertiary/aromatic N) is 2. The topological polar surface area (TPSA) is 32.8 Å². The molecule has 1 fully saturated rings. The Morgan fingerprint density at radius 2 is 1.86 bits per heavy atom. The third-order valence-electron chi connectivity index (χ3n) is 3.18. The van der Waals surface area contributed by atoms with Gasteiger partial charge in [-0.25, -0.2) is 9.18 Å². The second-order valence-corrected chi connectivity index (χ2v) is 6.46. The van der Waals surface area contributed by atoms with Gasteiger partial charge in [-0.15, -0.1) is 0 Å². The van der Waals surface area contributed by atoms with Gasteiger partial charge in [-0.05, 0) is 39.0 Å². The number of hydrogen-bond acceptors (Lipinski definition) is 3. The van der Waals surface area contributed by atoms with Gasteiger partial charge >= 0.3 is 6.09 Å². The number of carbonyl (C=O) groups excluding carboxylic acids is 1. The number of halogens is 2. The van der Waals surface area contributed by atoms with E-state index in [-0.39, 0.29) is 11.9 Å². The lowest BCUT2D eigenvalue weighted by Gasteiger charge is -2.37. The normalized spacial score (nSPS) is 16.0. The molecule has 0 N–H and O–H groups in total. The van der Waals surface area contributed by atoms with Gasteiger partial charge in [0.1, 0.15) is 11.4 Å². The Hall–Kier alpha value is -1.49. The highest BCUT2D eigenvalue weighted by molar-refractivity contribution is 6.33. The molecule has 1 saturated heterocycles. The van der Waals surface area contributed by atoms with Crippen LogP contribution < -0.4 is 4.90 Å². The Kier molecular flexibility index (Phi) is 4.61. The number of rotatable bonds is 1. The molecule has 2 rings (SSSR count). The van der Waals surface area contributed by atoms with E-state index in [0.717, 1.165) is 5.69 Å². The minimum absolute atomic E-state index is 0.299. The van der Waals surface area contributed by atoms with Crippen LogP contribution in [0.15, 0.2) is 18.2 Å². The number of carbonyl (C=O) groups is 1. The highest BCUT2D eigenvalue weighted by Gasteiger charge is 2.26. The number of piperazine rings is 1. The van der Waals surface area contributed by atoms with Gasteiger partial charge in [0, 0.05) is 26.2 Å². The van der Waals surface area contributed by atoms with Crippen molar-refractivity contribution in [1.82, 2.24) is 4.90 Å². The second-order valence-electron chi connectivity index (χ2n) is 6.05. The number of hydrogen-bond donors (Lipinski definition) is 0. The smallest absolute Gasteiger partial charge is 0.410 e. The molecule has 0 bridgehead atoms. The molecule has 0 aliphatic carbocycles. The monoisotopic (exact) mass is 314 g/mol. The summed E-state index contributed by atoms with van der Waals surface area (Å²) in [6, 6.07) is 4.36. The zero-order valence-corrected chi connectivity index (χ0v) is 13.3. The van der Waals surface area contributed by atoms with Crippen LogP contribution in [0.1, 0.15) is 20.8 Å². The minimum Gasteiger partial charge on any atom is -0.444 e. The molecule has 0 atom stereocenters. The standard InChI is InChI=1S/C15H20ClFN2O2/c1-15(2,3)21-14(20)19-8-6-18(7-9-19)13-5-4-11(17)10-12(13)16/h4-5,10H,6-9H2,1-3H3. The molecule has 1 aliphatic rings. The van der Waals surface area contributed by atoms with Crippen molar-refractivity contribution in [3.8, 4) is 0 Å². The summed E-state index contributed by atoms with van der Waals surface area (Å²) in [6.45, 7) is 7.94. The SMILES string of the molecule is CC(C)(C)OC(=O)N1CCN(c2ccc(F)cc2Cl)CC1. The molecular weight excluding hydrogens is 295 g/mol. The van der Waals surface area contributed by atoms with Crippen LogP contribution in [0.25, 0.3) is 0 Å². The first-order valence-electron chi connectivity index (χ1n) is 6.94. The Bertz CT molecular complexity index is 523. The van der Waals surface area contributed by atoms with Crippen LogP contribution in [-0.2, 0) is 4.74 Å². The number of benzene rings is 1. The highest BCUT2D eigenvalue weighted by Crippen LogP contribution is 2.27. The largest absolute Gasteiger partial charge is 0.444 e. The van der Waals surface area contributed by atoms with Gasteiger partial charge in [-0.1, -0.05) is 11.6 Å². The van der Waals surface area contributed by atoms with Gasteiger partial charge in [0.2, 0.25) is 0 Å². The van der Waals surface area contributed by atoms with E-state index in [1.807, 2.05) is 25.7 Å². The van der Waals surface area contributed by atoms with E-state index in [0.29, 0.717) is 31.2 Å². The predicted octanol–water partition coefficient (Wildman–Crippen LogP) is 3.54. The molecule has 0 radical (unpaired) electrons. The van der Waals surface area contributed by atoms with E-state index in [4.69, 9.17) is 16.3 Å². The van der Waals surface area contributed by atoms with Gasteiger partial charge < -0.3 is 14.5 Å². The van der Waals surface area contributed by atoms with Crippen molar-refractivity contribution in [3.63, 3.8) is 0 Å². The molecule has 1 aliphatic heterocycles. The third-order valence-corrected chi connectivity index (χ3v) is 3.48. The quantitative estimate of drug-likeness (QED) is 0.795. The Morgan fingerprint density at radius 1 is 1.24 bits per heavy atom. The summed E-state index contributed by atoms with van der Waals surface area (Å²) in [5, 5.41) is 0.390.